The fourth-order valence-corrected chi connectivity index (χ4v) is 3.32. The van der Waals surface area contributed by atoms with E-state index in [9.17, 15) is 14.9 Å². The van der Waals surface area contributed by atoms with Gasteiger partial charge in [0, 0.05) is 10.6 Å². The van der Waals surface area contributed by atoms with Crippen molar-refractivity contribution >= 4 is 29.4 Å². The number of carbonyl (C=O) groups excluding carboxylic acids is 2. The minimum atomic E-state index is -0.722. The Balaban J connectivity index is 1.65. The maximum absolute atomic E-state index is 12.7. The molecular weight excluding hydrogens is 368 g/mol. The molecule has 3 rings (SSSR count). The number of anilines is 1. The normalized spacial score (nSPS) is 14.7. The van der Waals surface area contributed by atoms with Crippen molar-refractivity contribution in [3.8, 4) is 6.07 Å². The largest absolute Gasteiger partial charge is 0.455 e. The van der Waals surface area contributed by atoms with Gasteiger partial charge in [0.05, 0.1) is 5.41 Å². The minimum Gasteiger partial charge on any atom is -0.455 e. The highest BCUT2D eigenvalue weighted by Crippen LogP contribution is 2.45. The molecular formula is C20H19ClN2O4. The molecule has 1 amide bonds. The number of rotatable bonds is 5. The van der Waals surface area contributed by atoms with Crippen molar-refractivity contribution in [2.75, 3.05) is 11.9 Å². The standard InChI is InChI=1S/C20H19ClN2O4/c1-12-13(2)27-18(16(12)10-22)23-17(24)11-26-19(25)20(8-3-9-20)14-4-6-15(21)7-5-14/h4-7H,3,8-9,11H2,1-2H3,(H,23,24). The molecule has 6 nitrogen and oxygen atoms in total. The predicted molar refractivity (Wildman–Crippen MR) is 99.5 cm³/mol. The van der Waals surface area contributed by atoms with Crippen molar-refractivity contribution < 1.29 is 18.7 Å². The average Bonchev–Trinajstić information content (AvgIpc) is 2.87. The Morgan fingerprint density at radius 2 is 1.96 bits per heavy atom. The number of carbonyl (C=O) groups is 2. The highest BCUT2D eigenvalue weighted by molar-refractivity contribution is 6.30. The molecule has 0 radical (unpaired) electrons. The molecule has 0 unspecified atom stereocenters. The molecule has 0 saturated heterocycles. The lowest BCUT2D eigenvalue weighted by Gasteiger charge is -2.39. The van der Waals surface area contributed by atoms with Crippen LogP contribution in [0.1, 0.15) is 41.7 Å². The van der Waals surface area contributed by atoms with Crippen LogP contribution in [0.2, 0.25) is 5.02 Å². The van der Waals surface area contributed by atoms with E-state index in [0.29, 0.717) is 29.2 Å². The number of nitrogens with zero attached hydrogens (tertiary/aromatic N) is 1. The molecule has 1 heterocycles. The number of furan rings is 1. The molecule has 0 spiro atoms. The second-order valence-electron chi connectivity index (χ2n) is 6.67. The Labute approximate surface area is 162 Å². The zero-order valence-corrected chi connectivity index (χ0v) is 15.9. The maximum Gasteiger partial charge on any atom is 0.317 e. The summed E-state index contributed by atoms with van der Waals surface area (Å²) >= 11 is 5.92. The third-order valence-electron chi connectivity index (χ3n) is 5.08. The number of nitriles is 1. The third kappa shape index (κ3) is 3.56. The van der Waals surface area contributed by atoms with E-state index in [1.807, 2.05) is 18.2 Å². The van der Waals surface area contributed by atoms with Crippen LogP contribution in [0.25, 0.3) is 0 Å². The van der Waals surface area contributed by atoms with Crippen LogP contribution in [0.3, 0.4) is 0 Å². The van der Waals surface area contributed by atoms with Gasteiger partial charge in [0.25, 0.3) is 5.91 Å². The van der Waals surface area contributed by atoms with E-state index in [1.54, 1.807) is 26.0 Å². The summed E-state index contributed by atoms with van der Waals surface area (Å²) in [6, 6.07) is 9.10. The number of halogens is 1. The van der Waals surface area contributed by atoms with Crippen LogP contribution in [0, 0.1) is 25.2 Å². The van der Waals surface area contributed by atoms with Gasteiger partial charge in [0.2, 0.25) is 5.88 Å². The molecule has 1 aliphatic carbocycles. The average molecular weight is 387 g/mol. The van der Waals surface area contributed by atoms with Gasteiger partial charge in [-0.1, -0.05) is 30.2 Å². The molecule has 1 N–H and O–H groups in total. The van der Waals surface area contributed by atoms with Crippen molar-refractivity contribution in [1.29, 1.82) is 5.26 Å². The Morgan fingerprint density at radius 3 is 2.52 bits per heavy atom. The zero-order valence-electron chi connectivity index (χ0n) is 15.1. The maximum atomic E-state index is 12.7. The summed E-state index contributed by atoms with van der Waals surface area (Å²) in [5, 5.41) is 12.3. The second-order valence-corrected chi connectivity index (χ2v) is 7.10. The summed E-state index contributed by atoms with van der Waals surface area (Å²) in [6.45, 7) is 3.00. The van der Waals surface area contributed by atoms with E-state index in [-0.39, 0.29) is 11.4 Å². The molecule has 1 aromatic heterocycles. The Morgan fingerprint density at radius 1 is 1.30 bits per heavy atom. The van der Waals surface area contributed by atoms with E-state index >= 15 is 0 Å². The lowest BCUT2D eigenvalue weighted by atomic mass is 9.64. The molecule has 0 bridgehead atoms. The van der Waals surface area contributed by atoms with E-state index in [0.717, 1.165) is 12.0 Å². The monoisotopic (exact) mass is 386 g/mol. The van der Waals surface area contributed by atoms with Crippen molar-refractivity contribution in [3.05, 3.63) is 51.7 Å². The molecule has 1 aliphatic rings. The second kappa shape index (κ2) is 7.45. The van der Waals surface area contributed by atoms with E-state index < -0.39 is 23.9 Å². The molecule has 27 heavy (non-hydrogen) atoms. The molecule has 1 saturated carbocycles. The molecule has 7 heteroatoms. The van der Waals surface area contributed by atoms with Gasteiger partial charge in [-0.25, -0.2) is 0 Å². The van der Waals surface area contributed by atoms with E-state index in [1.165, 1.54) is 0 Å². The topological polar surface area (TPSA) is 92.3 Å². The molecule has 2 aromatic rings. The summed E-state index contributed by atoms with van der Waals surface area (Å²) < 4.78 is 10.7. The van der Waals surface area contributed by atoms with Crippen molar-refractivity contribution in [2.45, 2.75) is 38.5 Å². The van der Waals surface area contributed by atoms with Crippen LogP contribution < -0.4 is 5.32 Å². The number of ether oxygens (including phenoxy) is 1. The summed E-state index contributed by atoms with van der Waals surface area (Å²) in [5.41, 5.74) is 1.05. The van der Waals surface area contributed by atoms with Gasteiger partial charge < -0.3 is 9.15 Å². The first-order valence-electron chi connectivity index (χ1n) is 8.60. The summed E-state index contributed by atoms with van der Waals surface area (Å²) in [7, 11) is 0. The summed E-state index contributed by atoms with van der Waals surface area (Å²) in [5.74, 6) is -0.364. The van der Waals surface area contributed by atoms with Gasteiger partial charge in [-0.3, -0.25) is 14.9 Å². The lowest BCUT2D eigenvalue weighted by molar-refractivity contribution is -0.156. The van der Waals surface area contributed by atoms with Gasteiger partial charge in [0.1, 0.15) is 17.4 Å². The molecule has 0 aliphatic heterocycles. The number of hydrogen-bond donors (Lipinski definition) is 1. The first-order valence-corrected chi connectivity index (χ1v) is 8.98. The van der Waals surface area contributed by atoms with Crippen LogP contribution in [0.15, 0.2) is 28.7 Å². The molecule has 1 aromatic carbocycles. The van der Waals surface area contributed by atoms with Crippen molar-refractivity contribution in [1.82, 2.24) is 0 Å². The quantitative estimate of drug-likeness (QED) is 0.783. The fraction of sp³-hybridized carbons (Fsp3) is 0.350. The van der Waals surface area contributed by atoms with Crippen LogP contribution >= 0.6 is 11.6 Å². The van der Waals surface area contributed by atoms with Crippen LogP contribution in [-0.4, -0.2) is 18.5 Å². The smallest absolute Gasteiger partial charge is 0.317 e. The lowest BCUT2D eigenvalue weighted by Crippen LogP contribution is -2.44. The van der Waals surface area contributed by atoms with Gasteiger partial charge >= 0.3 is 5.97 Å². The van der Waals surface area contributed by atoms with Crippen LogP contribution in [-0.2, 0) is 19.7 Å². The first-order chi connectivity index (χ1) is 12.9. The van der Waals surface area contributed by atoms with Gasteiger partial charge in [-0.05, 0) is 44.4 Å². The Kier molecular flexibility index (Phi) is 5.24. The van der Waals surface area contributed by atoms with E-state index in [4.69, 9.17) is 20.8 Å². The minimum absolute atomic E-state index is 0.0737. The first kappa shape index (κ1) is 19.0. The third-order valence-corrected chi connectivity index (χ3v) is 5.33. The number of nitrogens with one attached hydrogen (secondary N) is 1. The Hall–Kier alpha value is -2.78. The number of aryl methyl sites for hydroxylation is 1. The van der Waals surface area contributed by atoms with Crippen LogP contribution in [0.5, 0.6) is 0 Å². The molecule has 1 fully saturated rings. The highest BCUT2D eigenvalue weighted by atomic mass is 35.5. The Bertz CT molecular complexity index is 921. The number of hydrogen-bond acceptors (Lipinski definition) is 5. The van der Waals surface area contributed by atoms with Gasteiger partial charge in [-0.15, -0.1) is 0 Å². The SMILES string of the molecule is Cc1oc(NC(=O)COC(=O)C2(c3ccc(Cl)cc3)CCC2)c(C#N)c1C. The van der Waals surface area contributed by atoms with Crippen LogP contribution in [0.4, 0.5) is 5.88 Å². The highest BCUT2D eigenvalue weighted by Gasteiger charge is 2.47. The zero-order chi connectivity index (χ0) is 19.6. The van der Waals surface area contributed by atoms with Crippen molar-refractivity contribution in [2.24, 2.45) is 0 Å². The summed E-state index contributed by atoms with van der Waals surface area (Å²) in [4.78, 5) is 24.8. The molecule has 0 atom stereocenters. The van der Waals surface area contributed by atoms with E-state index in [2.05, 4.69) is 5.32 Å². The number of esters is 1. The van der Waals surface area contributed by atoms with Gasteiger partial charge in [0.15, 0.2) is 6.61 Å². The predicted octanol–water partition coefficient (Wildman–Crippen LogP) is 4.03. The molecule has 140 valence electrons. The van der Waals surface area contributed by atoms with Gasteiger partial charge in [-0.2, -0.15) is 5.26 Å². The number of amides is 1. The summed E-state index contributed by atoms with van der Waals surface area (Å²) in [6.07, 6.45) is 2.26. The number of benzene rings is 1. The fourth-order valence-electron chi connectivity index (χ4n) is 3.19. The van der Waals surface area contributed by atoms with Crippen molar-refractivity contribution in [3.63, 3.8) is 0 Å².